The number of nitrogens with one attached hydrogen (secondary N) is 1. The fourth-order valence-electron chi connectivity index (χ4n) is 3.77. The molecule has 166 valence electrons. The molecule has 4 rings (SSSR count). The standard InChI is InChI=1S/C22H20F2N4O3S/c1-11-16-10-20(29)28(3)26-22(16)17-8-15(12(2)27-32(30)31)19(24)9-18(17)21(25-11)13-4-6-14(23)7-5-13/h4-12,27H,1-3H3,(H,30,31)/p-1. The van der Waals surface area contributed by atoms with Gasteiger partial charge in [-0.05, 0) is 50.2 Å². The fraction of sp³-hybridized carbons (Fsp3) is 0.227. The van der Waals surface area contributed by atoms with Gasteiger partial charge in [-0.1, -0.05) is 0 Å². The van der Waals surface area contributed by atoms with Gasteiger partial charge in [-0.15, -0.1) is 0 Å². The molecule has 0 saturated carbocycles. The molecular weight excluding hydrogens is 438 g/mol. The predicted octanol–water partition coefficient (Wildman–Crippen LogP) is 3.08. The van der Waals surface area contributed by atoms with Gasteiger partial charge in [0.25, 0.3) is 5.56 Å². The van der Waals surface area contributed by atoms with Crippen LogP contribution in [0.1, 0.15) is 48.2 Å². The van der Waals surface area contributed by atoms with E-state index in [2.05, 4.69) is 9.82 Å². The second-order valence-corrected chi connectivity index (χ2v) is 8.27. The molecular formula is C22H19F2N4O3S-. The van der Waals surface area contributed by atoms with E-state index in [-0.39, 0.29) is 11.1 Å². The van der Waals surface area contributed by atoms with Crippen LogP contribution in [0.2, 0.25) is 0 Å². The highest BCUT2D eigenvalue weighted by Gasteiger charge is 2.27. The third-order valence-electron chi connectivity index (χ3n) is 5.40. The molecule has 0 amide bonds. The van der Waals surface area contributed by atoms with Crippen molar-refractivity contribution in [1.29, 1.82) is 0 Å². The lowest BCUT2D eigenvalue weighted by Gasteiger charge is -2.20. The van der Waals surface area contributed by atoms with Crippen LogP contribution in [0.25, 0.3) is 11.3 Å². The number of hydrogen-bond donors (Lipinski definition) is 1. The van der Waals surface area contributed by atoms with Crippen LogP contribution in [0.4, 0.5) is 8.78 Å². The highest BCUT2D eigenvalue weighted by molar-refractivity contribution is 7.77. The summed E-state index contributed by atoms with van der Waals surface area (Å²) < 4.78 is 54.3. The lowest BCUT2D eigenvalue weighted by Crippen LogP contribution is -2.23. The van der Waals surface area contributed by atoms with Crippen molar-refractivity contribution in [2.45, 2.75) is 25.9 Å². The Morgan fingerprint density at radius 2 is 1.84 bits per heavy atom. The van der Waals surface area contributed by atoms with Gasteiger partial charge in [-0.2, -0.15) is 5.10 Å². The van der Waals surface area contributed by atoms with Crippen LogP contribution in [-0.2, 0) is 18.3 Å². The zero-order valence-electron chi connectivity index (χ0n) is 17.4. The van der Waals surface area contributed by atoms with Gasteiger partial charge in [0.1, 0.15) is 11.6 Å². The summed E-state index contributed by atoms with van der Waals surface area (Å²) in [6.07, 6.45) is 0. The second-order valence-electron chi connectivity index (χ2n) is 7.56. The predicted molar refractivity (Wildman–Crippen MR) is 116 cm³/mol. The molecule has 3 atom stereocenters. The Bertz CT molecular complexity index is 1320. The molecule has 0 fully saturated rings. The van der Waals surface area contributed by atoms with E-state index in [1.165, 1.54) is 49.0 Å². The molecule has 1 aliphatic rings. The third-order valence-corrected chi connectivity index (χ3v) is 5.94. The van der Waals surface area contributed by atoms with Crippen molar-refractivity contribution in [2.75, 3.05) is 0 Å². The van der Waals surface area contributed by atoms with Crippen molar-refractivity contribution in [3.63, 3.8) is 0 Å². The number of nitrogens with zero attached hydrogens (tertiary/aromatic N) is 3. The molecule has 0 aliphatic carbocycles. The first-order valence-corrected chi connectivity index (χ1v) is 10.8. The van der Waals surface area contributed by atoms with Crippen LogP contribution >= 0.6 is 0 Å². The number of hydrogen-bond acceptors (Lipinski definition) is 5. The van der Waals surface area contributed by atoms with Gasteiger partial charge in [-0.3, -0.25) is 14.0 Å². The number of halogens is 2. The van der Waals surface area contributed by atoms with Crippen LogP contribution in [0.15, 0.2) is 52.3 Å². The van der Waals surface area contributed by atoms with Crippen molar-refractivity contribution in [3.8, 4) is 11.3 Å². The Morgan fingerprint density at radius 3 is 2.50 bits per heavy atom. The Balaban J connectivity index is 2.03. The first kappa shape index (κ1) is 22.1. The Hall–Kier alpha value is -3.08. The number of rotatable bonds is 4. The van der Waals surface area contributed by atoms with Crippen LogP contribution in [-0.4, -0.2) is 24.3 Å². The smallest absolute Gasteiger partial charge is 0.266 e. The molecule has 3 aromatic rings. The highest BCUT2D eigenvalue weighted by atomic mass is 32.2. The average molecular weight is 457 g/mol. The first-order valence-electron chi connectivity index (χ1n) is 9.77. The minimum Gasteiger partial charge on any atom is -0.760 e. The van der Waals surface area contributed by atoms with Crippen molar-refractivity contribution >= 4 is 17.0 Å². The van der Waals surface area contributed by atoms with E-state index in [0.29, 0.717) is 33.7 Å². The van der Waals surface area contributed by atoms with Crippen LogP contribution in [0.3, 0.4) is 0 Å². The highest BCUT2D eigenvalue weighted by Crippen LogP contribution is 2.37. The summed E-state index contributed by atoms with van der Waals surface area (Å²) in [6, 6.07) is 8.55. The molecule has 10 heteroatoms. The maximum Gasteiger partial charge on any atom is 0.266 e. The molecule has 32 heavy (non-hydrogen) atoms. The molecule has 0 spiro atoms. The quantitative estimate of drug-likeness (QED) is 0.609. The van der Waals surface area contributed by atoms with Crippen molar-refractivity contribution in [3.05, 3.63) is 86.7 Å². The Labute approximate surface area is 185 Å². The molecule has 1 aliphatic heterocycles. The molecule has 7 nitrogen and oxygen atoms in total. The van der Waals surface area contributed by atoms with E-state index in [1.807, 2.05) is 0 Å². The van der Waals surface area contributed by atoms with E-state index in [0.717, 1.165) is 0 Å². The zero-order valence-corrected chi connectivity index (χ0v) is 18.2. The number of aromatic nitrogens is 2. The molecule has 0 radical (unpaired) electrons. The van der Waals surface area contributed by atoms with E-state index in [4.69, 9.17) is 4.99 Å². The van der Waals surface area contributed by atoms with Gasteiger partial charge in [-0.25, -0.2) is 18.2 Å². The zero-order chi connectivity index (χ0) is 23.2. The summed E-state index contributed by atoms with van der Waals surface area (Å²) in [6.45, 7) is 3.31. The third kappa shape index (κ3) is 4.04. The molecule has 1 N–H and O–H groups in total. The van der Waals surface area contributed by atoms with Gasteiger partial charge < -0.3 is 4.55 Å². The van der Waals surface area contributed by atoms with Gasteiger partial charge in [0.15, 0.2) is 0 Å². The Morgan fingerprint density at radius 1 is 1.16 bits per heavy atom. The lowest BCUT2D eigenvalue weighted by molar-refractivity contribution is 0.506. The summed E-state index contributed by atoms with van der Waals surface area (Å²) in [5.74, 6) is -1.05. The van der Waals surface area contributed by atoms with Crippen molar-refractivity contribution in [2.24, 2.45) is 12.0 Å². The lowest BCUT2D eigenvalue weighted by atomic mass is 9.91. The molecule has 2 heterocycles. The molecule has 0 bridgehead atoms. The SMILES string of the molecule is CC1N=C(c2ccc(F)cc2)c2cc(F)c(C(C)NS(=O)[O-])cc2-c2nn(C)c(=O)cc21. The number of fused-ring (bicyclic) bond motifs is 3. The van der Waals surface area contributed by atoms with E-state index < -0.39 is 35.0 Å². The summed E-state index contributed by atoms with van der Waals surface area (Å²) in [5.41, 5.74) is 2.66. The summed E-state index contributed by atoms with van der Waals surface area (Å²) in [5, 5.41) is 4.40. The number of benzene rings is 2. The molecule has 1 aromatic heterocycles. The van der Waals surface area contributed by atoms with E-state index >= 15 is 4.39 Å². The minimum absolute atomic E-state index is 0.113. The van der Waals surface area contributed by atoms with Crippen molar-refractivity contribution in [1.82, 2.24) is 14.5 Å². The summed E-state index contributed by atoms with van der Waals surface area (Å²) in [7, 11) is 1.51. The summed E-state index contributed by atoms with van der Waals surface area (Å²) >= 11 is -2.59. The second kappa shape index (κ2) is 8.45. The van der Waals surface area contributed by atoms with Gasteiger partial charge in [0.2, 0.25) is 0 Å². The Kier molecular flexibility index (Phi) is 5.85. The fourth-order valence-corrected chi connectivity index (χ4v) is 4.19. The first-order chi connectivity index (χ1) is 15.2. The van der Waals surface area contributed by atoms with Crippen LogP contribution in [0.5, 0.6) is 0 Å². The molecule has 2 aromatic carbocycles. The van der Waals surface area contributed by atoms with Gasteiger partial charge >= 0.3 is 0 Å². The topological polar surface area (TPSA) is 99.4 Å². The minimum atomic E-state index is -2.59. The van der Waals surface area contributed by atoms with Gasteiger partial charge in [0, 0.05) is 58.2 Å². The van der Waals surface area contributed by atoms with Gasteiger partial charge in [0.05, 0.1) is 17.4 Å². The number of aryl methyl sites for hydroxylation is 1. The maximum absolute atomic E-state index is 15.1. The molecule has 3 unspecified atom stereocenters. The van der Waals surface area contributed by atoms with Crippen molar-refractivity contribution < 1.29 is 17.5 Å². The normalized spacial score (nSPS) is 17.1. The largest absolute Gasteiger partial charge is 0.760 e. The van der Waals surface area contributed by atoms with E-state index in [9.17, 15) is 17.9 Å². The van der Waals surface area contributed by atoms with E-state index in [1.54, 1.807) is 19.1 Å². The summed E-state index contributed by atoms with van der Waals surface area (Å²) in [4.78, 5) is 17.0. The van der Waals surface area contributed by atoms with Crippen LogP contribution in [0, 0.1) is 11.6 Å². The van der Waals surface area contributed by atoms with Crippen LogP contribution < -0.4 is 10.3 Å². The average Bonchev–Trinajstić information content (AvgIpc) is 2.83. The maximum atomic E-state index is 15.1. The number of aliphatic imine (C=N–C) groups is 1. The molecule has 0 saturated heterocycles. The monoisotopic (exact) mass is 457 g/mol.